The predicted octanol–water partition coefficient (Wildman–Crippen LogP) is 7.09. The molecule has 5 aliphatic rings. The van der Waals surface area contributed by atoms with Crippen LogP contribution in [0, 0.1) is 57.8 Å². The Morgan fingerprint density at radius 1 is 1.23 bits per heavy atom. The van der Waals surface area contributed by atoms with E-state index in [0.717, 1.165) is 50.0 Å². The van der Waals surface area contributed by atoms with Gasteiger partial charge in [-0.3, -0.25) is 4.79 Å². The number of hydrogen-bond donors (Lipinski definition) is 0. The first kappa shape index (κ1) is 25.6. The number of nitriles is 1. The van der Waals surface area contributed by atoms with E-state index >= 15 is 0 Å². The van der Waals surface area contributed by atoms with Gasteiger partial charge in [0.15, 0.2) is 6.19 Å². The van der Waals surface area contributed by atoms with E-state index < -0.39 is 0 Å². The molecule has 0 spiro atoms. The molecular weight excluding hydrogens is 500 g/mol. The Kier molecular flexibility index (Phi) is 6.86. The fourth-order valence-electron chi connectivity index (χ4n) is 9.98. The van der Waals surface area contributed by atoms with Gasteiger partial charge in [0.25, 0.3) is 0 Å². The highest BCUT2D eigenvalue weighted by atomic mass is 79.9. The van der Waals surface area contributed by atoms with E-state index in [1.165, 1.54) is 32.1 Å². The lowest BCUT2D eigenvalue weighted by Crippen LogP contribution is -2.53. The third kappa shape index (κ3) is 4.18. The summed E-state index contributed by atoms with van der Waals surface area (Å²) in [6, 6.07) is 0.390. The number of allylic oxidation sites excluding steroid dienone is 1. The van der Waals surface area contributed by atoms with E-state index in [1.807, 2.05) is 0 Å². The fourth-order valence-corrected chi connectivity index (χ4v) is 11.5. The second kappa shape index (κ2) is 9.38. The SMILES string of the molecule is CC(=O)O[C@@H]1CC[C@@]2(C)C(=CC[C@@H]3[C@@H]4C[C@H](Br)[C@H]([C@H](C)[C@@H]5CC[C@@H](C)CN5C#N)[C@@]4(C)CC[C@@H]32)C1. The van der Waals surface area contributed by atoms with Gasteiger partial charge in [-0.15, -0.1) is 0 Å². The maximum absolute atomic E-state index is 11.6. The first-order chi connectivity index (χ1) is 16.6. The van der Waals surface area contributed by atoms with Crippen LogP contribution < -0.4 is 0 Å². The lowest BCUT2D eigenvalue weighted by Gasteiger charge is -2.58. The second-order valence-corrected chi connectivity index (χ2v) is 14.6. The minimum atomic E-state index is -0.141. The molecule has 4 nitrogen and oxygen atoms in total. The molecule has 5 heteroatoms. The number of piperidine rings is 1. The molecule has 1 aliphatic heterocycles. The number of nitrogens with zero attached hydrogens (tertiary/aromatic N) is 2. The normalized spacial score (nSPS) is 48.0. The minimum Gasteiger partial charge on any atom is -0.462 e. The quantitative estimate of drug-likeness (QED) is 0.165. The molecule has 0 amide bonds. The van der Waals surface area contributed by atoms with Gasteiger partial charge in [0.1, 0.15) is 6.10 Å². The lowest BCUT2D eigenvalue weighted by atomic mass is 9.47. The van der Waals surface area contributed by atoms with Gasteiger partial charge in [-0.1, -0.05) is 55.3 Å². The molecule has 0 unspecified atom stereocenters. The second-order valence-electron chi connectivity index (χ2n) is 13.4. The molecule has 0 radical (unpaired) electrons. The Morgan fingerprint density at radius 2 is 2.00 bits per heavy atom. The fraction of sp³-hybridized carbons (Fsp3) is 0.867. The molecule has 11 atom stereocenters. The number of ether oxygens (including phenoxy) is 1. The molecule has 35 heavy (non-hydrogen) atoms. The molecule has 0 aromatic carbocycles. The highest BCUT2D eigenvalue weighted by Crippen LogP contribution is 2.68. The van der Waals surface area contributed by atoms with Gasteiger partial charge in [0.2, 0.25) is 0 Å². The Bertz CT molecular complexity index is 913. The van der Waals surface area contributed by atoms with Crippen LogP contribution >= 0.6 is 15.9 Å². The minimum absolute atomic E-state index is 0.0714. The smallest absolute Gasteiger partial charge is 0.302 e. The standard InChI is InChI=1S/C30H45BrN2O2/c1-18-6-9-27(33(16-18)17-32)19(2)28-26(31)15-25-23-8-7-21-14-22(35-20(3)34)10-12-29(21,4)24(23)11-13-30(25,28)5/h7,18-19,22-28H,6,8-16H2,1-5H3/t18-,19-,22-,23+,24+,25+,26+,27+,28+,29+,30+/m1/s1. The van der Waals surface area contributed by atoms with E-state index in [1.54, 1.807) is 12.5 Å². The van der Waals surface area contributed by atoms with Gasteiger partial charge in [-0.05, 0) is 97.7 Å². The topological polar surface area (TPSA) is 53.3 Å². The van der Waals surface area contributed by atoms with Crippen molar-refractivity contribution in [3.8, 4) is 6.19 Å². The van der Waals surface area contributed by atoms with Crippen molar-refractivity contribution in [3.05, 3.63) is 11.6 Å². The van der Waals surface area contributed by atoms with E-state index in [-0.39, 0.29) is 17.5 Å². The van der Waals surface area contributed by atoms with Crippen LogP contribution in [-0.4, -0.2) is 34.4 Å². The van der Waals surface area contributed by atoms with Gasteiger partial charge in [-0.2, -0.15) is 5.26 Å². The number of esters is 1. The summed E-state index contributed by atoms with van der Waals surface area (Å²) in [5.74, 6) is 3.89. The Labute approximate surface area is 221 Å². The van der Waals surface area contributed by atoms with E-state index in [4.69, 9.17) is 4.74 Å². The van der Waals surface area contributed by atoms with Crippen LogP contribution in [0.2, 0.25) is 0 Å². The molecule has 4 aliphatic carbocycles. The zero-order chi connectivity index (χ0) is 25.1. The maximum atomic E-state index is 11.6. The van der Waals surface area contributed by atoms with Crippen LogP contribution in [-0.2, 0) is 9.53 Å². The number of alkyl halides is 1. The molecule has 194 valence electrons. The molecule has 0 bridgehead atoms. The van der Waals surface area contributed by atoms with Crippen molar-refractivity contribution in [1.29, 1.82) is 5.26 Å². The molecule has 1 saturated heterocycles. The molecule has 0 N–H and O–H groups in total. The molecule has 4 fully saturated rings. The molecule has 0 aromatic rings. The summed E-state index contributed by atoms with van der Waals surface area (Å²) in [4.78, 5) is 14.2. The first-order valence-corrected chi connectivity index (χ1v) is 15.2. The monoisotopic (exact) mass is 544 g/mol. The van der Waals surface area contributed by atoms with E-state index in [0.29, 0.717) is 34.0 Å². The number of carbonyl (C=O) groups is 1. The predicted molar refractivity (Wildman–Crippen MR) is 143 cm³/mol. The number of rotatable bonds is 3. The number of likely N-dealkylation sites (tertiary alicyclic amines) is 1. The van der Waals surface area contributed by atoms with E-state index in [9.17, 15) is 10.1 Å². The Morgan fingerprint density at radius 3 is 2.71 bits per heavy atom. The summed E-state index contributed by atoms with van der Waals surface area (Å²) < 4.78 is 5.63. The molecule has 0 aromatic heterocycles. The van der Waals surface area contributed by atoms with Gasteiger partial charge < -0.3 is 9.64 Å². The first-order valence-electron chi connectivity index (χ1n) is 14.3. The number of hydrogen-bond acceptors (Lipinski definition) is 4. The van der Waals surface area contributed by atoms with Gasteiger partial charge in [-0.25, -0.2) is 0 Å². The summed E-state index contributed by atoms with van der Waals surface area (Å²) in [5.41, 5.74) is 2.18. The number of fused-ring (bicyclic) bond motifs is 5. The van der Waals surface area contributed by atoms with Crippen molar-refractivity contribution in [2.45, 2.75) is 109 Å². The van der Waals surface area contributed by atoms with Crippen LogP contribution in [0.1, 0.15) is 92.4 Å². The zero-order valence-electron chi connectivity index (χ0n) is 22.4. The third-order valence-corrected chi connectivity index (χ3v) is 12.6. The molecule has 5 rings (SSSR count). The van der Waals surface area contributed by atoms with Crippen molar-refractivity contribution in [2.24, 2.45) is 46.3 Å². The summed E-state index contributed by atoms with van der Waals surface area (Å²) in [6.07, 6.45) is 15.8. The Balaban J connectivity index is 1.37. The van der Waals surface area contributed by atoms with Crippen molar-refractivity contribution in [3.63, 3.8) is 0 Å². The van der Waals surface area contributed by atoms with Gasteiger partial charge in [0, 0.05) is 30.8 Å². The van der Waals surface area contributed by atoms with Crippen LogP contribution in [0.15, 0.2) is 11.6 Å². The molecular formula is C30H45BrN2O2. The number of carbonyl (C=O) groups excluding carboxylic acids is 1. The van der Waals surface area contributed by atoms with Crippen molar-refractivity contribution >= 4 is 21.9 Å². The van der Waals surface area contributed by atoms with Crippen molar-refractivity contribution in [1.82, 2.24) is 4.90 Å². The van der Waals surface area contributed by atoms with E-state index in [2.05, 4.69) is 60.8 Å². The van der Waals surface area contributed by atoms with Crippen LogP contribution in [0.5, 0.6) is 0 Å². The van der Waals surface area contributed by atoms with Crippen LogP contribution in [0.3, 0.4) is 0 Å². The number of halogens is 1. The average Bonchev–Trinajstić information content (AvgIpc) is 3.08. The van der Waals surface area contributed by atoms with Gasteiger partial charge >= 0.3 is 5.97 Å². The summed E-state index contributed by atoms with van der Waals surface area (Å²) >= 11 is 4.22. The zero-order valence-corrected chi connectivity index (χ0v) is 24.0. The Hall–Kier alpha value is -1.02. The summed E-state index contributed by atoms with van der Waals surface area (Å²) in [7, 11) is 0. The van der Waals surface area contributed by atoms with Crippen molar-refractivity contribution < 1.29 is 9.53 Å². The summed E-state index contributed by atoms with van der Waals surface area (Å²) in [5, 5.41) is 9.92. The van der Waals surface area contributed by atoms with Crippen LogP contribution in [0.4, 0.5) is 0 Å². The molecule has 1 heterocycles. The third-order valence-electron chi connectivity index (χ3n) is 11.6. The highest BCUT2D eigenvalue weighted by Gasteiger charge is 2.62. The largest absolute Gasteiger partial charge is 0.462 e. The average molecular weight is 546 g/mol. The lowest BCUT2D eigenvalue weighted by molar-refractivity contribution is -0.148. The van der Waals surface area contributed by atoms with Crippen molar-refractivity contribution in [2.75, 3.05) is 6.54 Å². The van der Waals surface area contributed by atoms with Crippen LogP contribution in [0.25, 0.3) is 0 Å². The molecule has 3 saturated carbocycles. The highest BCUT2D eigenvalue weighted by molar-refractivity contribution is 9.09. The maximum Gasteiger partial charge on any atom is 0.302 e. The van der Waals surface area contributed by atoms with Gasteiger partial charge in [0.05, 0.1) is 0 Å². The summed E-state index contributed by atoms with van der Waals surface area (Å²) in [6.45, 7) is 12.3.